The number of Topliss-reactive ketones (excluding diaryl/α,β-unsaturated/α-hetero) is 1. The van der Waals surface area contributed by atoms with Crippen LogP contribution in [0.5, 0.6) is 0 Å². The van der Waals surface area contributed by atoms with Crippen molar-refractivity contribution in [1.29, 1.82) is 0 Å². The summed E-state index contributed by atoms with van der Waals surface area (Å²) in [5, 5.41) is 0. The van der Waals surface area contributed by atoms with Gasteiger partial charge >= 0.3 is 0 Å². The van der Waals surface area contributed by atoms with E-state index in [9.17, 15) is 4.79 Å². The summed E-state index contributed by atoms with van der Waals surface area (Å²) in [7, 11) is 0. The molecule has 2 saturated carbocycles. The van der Waals surface area contributed by atoms with E-state index < -0.39 is 0 Å². The third-order valence-corrected chi connectivity index (χ3v) is 4.22. The Bertz CT molecular complexity index is 400. The van der Waals surface area contributed by atoms with Crippen molar-refractivity contribution in [2.45, 2.75) is 38.5 Å². The van der Waals surface area contributed by atoms with E-state index in [-0.39, 0.29) is 0 Å². The van der Waals surface area contributed by atoms with E-state index in [1.54, 1.807) is 0 Å². The lowest BCUT2D eigenvalue weighted by atomic mass is 9.80. The van der Waals surface area contributed by atoms with Gasteiger partial charge in [0.2, 0.25) is 0 Å². The van der Waals surface area contributed by atoms with Crippen LogP contribution >= 0.6 is 0 Å². The lowest BCUT2D eigenvalue weighted by molar-refractivity contribution is 0.0962. The smallest absolute Gasteiger partial charge is 0.166 e. The molecule has 84 valence electrons. The summed E-state index contributed by atoms with van der Waals surface area (Å²) < 4.78 is 0. The van der Waals surface area contributed by atoms with Crippen molar-refractivity contribution >= 4 is 5.78 Å². The summed E-state index contributed by atoms with van der Waals surface area (Å²) in [5.74, 6) is 2.05. The maximum atomic E-state index is 12.0. The Kier molecular flexibility index (Phi) is 2.34. The van der Waals surface area contributed by atoms with Gasteiger partial charge in [0.05, 0.1) is 0 Å². The molecule has 2 aliphatic carbocycles. The summed E-state index contributed by atoms with van der Waals surface area (Å²) in [6, 6.07) is 8.37. The lowest BCUT2D eigenvalue weighted by Crippen LogP contribution is -2.09. The molecule has 0 spiro atoms. The van der Waals surface area contributed by atoms with Crippen LogP contribution in [0.15, 0.2) is 24.3 Å². The van der Waals surface area contributed by atoms with Crippen LogP contribution in [0.25, 0.3) is 0 Å². The highest BCUT2D eigenvalue weighted by Gasteiger charge is 2.39. The zero-order valence-corrected chi connectivity index (χ0v) is 9.78. The van der Waals surface area contributed by atoms with E-state index in [2.05, 4.69) is 19.1 Å². The van der Waals surface area contributed by atoms with Crippen LogP contribution in [-0.4, -0.2) is 5.78 Å². The predicted molar refractivity (Wildman–Crippen MR) is 64.6 cm³/mol. The van der Waals surface area contributed by atoms with E-state index in [4.69, 9.17) is 0 Å². The van der Waals surface area contributed by atoms with Gasteiger partial charge in [-0.2, -0.15) is 0 Å². The molecule has 2 aliphatic rings. The van der Waals surface area contributed by atoms with Crippen LogP contribution in [0.1, 0.15) is 54.4 Å². The molecular weight excluding hydrogens is 196 g/mol. The average Bonchev–Trinajstić information content (AvgIpc) is 2.93. The Morgan fingerprint density at radius 3 is 2.25 bits per heavy atom. The zero-order chi connectivity index (χ0) is 11.1. The first-order valence-electron chi connectivity index (χ1n) is 6.40. The first kappa shape index (κ1) is 10.1. The second-order valence-electron chi connectivity index (χ2n) is 5.43. The SMILES string of the molecule is CC1CC1C(=O)c1ccc(C2CCC2)cc1. The van der Waals surface area contributed by atoms with Gasteiger partial charge < -0.3 is 0 Å². The third-order valence-electron chi connectivity index (χ3n) is 4.22. The number of hydrogen-bond acceptors (Lipinski definition) is 1. The molecule has 0 amide bonds. The van der Waals surface area contributed by atoms with Gasteiger partial charge in [0, 0.05) is 11.5 Å². The monoisotopic (exact) mass is 214 g/mol. The molecule has 3 rings (SSSR count). The highest BCUT2D eigenvalue weighted by Crippen LogP contribution is 2.41. The van der Waals surface area contributed by atoms with Crippen LogP contribution in [-0.2, 0) is 0 Å². The summed E-state index contributed by atoms with van der Waals surface area (Å²) in [4.78, 5) is 12.0. The molecule has 2 unspecified atom stereocenters. The first-order valence-corrected chi connectivity index (χ1v) is 6.40. The summed E-state index contributed by atoms with van der Waals surface area (Å²) >= 11 is 0. The number of hydrogen-bond donors (Lipinski definition) is 0. The molecule has 16 heavy (non-hydrogen) atoms. The first-order chi connectivity index (χ1) is 7.75. The molecular formula is C15H18O. The van der Waals surface area contributed by atoms with Gasteiger partial charge in [0.15, 0.2) is 5.78 Å². The average molecular weight is 214 g/mol. The minimum atomic E-state index is 0.314. The Balaban J connectivity index is 1.74. The van der Waals surface area contributed by atoms with Crippen molar-refractivity contribution in [2.75, 3.05) is 0 Å². The Labute approximate surface area is 96.9 Å². The van der Waals surface area contributed by atoms with Crippen molar-refractivity contribution in [3.63, 3.8) is 0 Å². The van der Waals surface area contributed by atoms with Gasteiger partial charge in [-0.05, 0) is 36.7 Å². The van der Waals surface area contributed by atoms with E-state index >= 15 is 0 Å². The molecule has 1 aromatic rings. The van der Waals surface area contributed by atoms with Gasteiger partial charge in [-0.25, -0.2) is 0 Å². The van der Waals surface area contributed by atoms with Crippen LogP contribution in [0.2, 0.25) is 0 Å². The van der Waals surface area contributed by atoms with E-state index in [1.165, 1.54) is 24.8 Å². The van der Waals surface area contributed by atoms with Crippen LogP contribution < -0.4 is 0 Å². The molecule has 2 fully saturated rings. The normalized spacial score (nSPS) is 28.6. The Hall–Kier alpha value is -1.11. The highest BCUT2D eigenvalue weighted by atomic mass is 16.1. The summed E-state index contributed by atoms with van der Waals surface area (Å²) in [5.41, 5.74) is 2.34. The van der Waals surface area contributed by atoms with Crippen LogP contribution in [0.3, 0.4) is 0 Å². The van der Waals surface area contributed by atoms with E-state index in [0.29, 0.717) is 17.6 Å². The number of carbonyl (C=O) groups excluding carboxylic acids is 1. The standard InChI is InChI=1S/C15H18O/c1-10-9-14(10)15(16)13-7-5-12(6-8-13)11-3-2-4-11/h5-8,10-11,14H,2-4,9H2,1H3. The fourth-order valence-corrected chi connectivity index (χ4v) is 2.56. The number of ketones is 1. The fourth-order valence-electron chi connectivity index (χ4n) is 2.56. The zero-order valence-electron chi connectivity index (χ0n) is 9.78. The van der Waals surface area contributed by atoms with Gasteiger partial charge in [0.1, 0.15) is 0 Å². The third kappa shape index (κ3) is 1.68. The second-order valence-corrected chi connectivity index (χ2v) is 5.43. The molecule has 0 saturated heterocycles. The summed E-state index contributed by atoms with van der Waals surface area (Å²) in [6.45, 7) is 2.16. The maximum absolute atomic E-state index is 12.0. The van der Waals surface area contributed by atoms with Crippen molar-refractivity contribution in [3.05, 3.63) is 35.4 Å². The van der Waals surface area contributed by atoms with Gasteiger partial charge in [0.25, 0.3) is 0 Å². The van der Waals surface area contributed by atoms with Gasteiger partial charge in [-0.3, -0.25) is 4.79 Å². The minimum absolute atomic E-state index is 0.314. The van der Waals surface area contributed by atoms with Crippen molar-refractivity contribution < 1.29 is 4.79 Å². The second kappa shape index (κ2) is 3.73. The molecule has 2 atom stereocenters. The van der Waals surface area contributed by atoms with Crippen LogP contribution in [0, 0.1) is 11.8 Å². The number of rotatable bonds is 3. The summed E-state index contributed by atoms with van der Waals surface area (Å²) in [6.07, 6.45) is 5.11. The van der Waals surface area contributed by atoms with E-state index in [1.807, 2.05) is 12.1 Å². The minimum Gasteiger partial charge on any atom is -0.294 e. The molecule has 1 aromatic carbocycles. The number of carbonyl (C=O) groups is 1. The highest BCUT2D eigenvalue weighted by molar-refractivity contribution is 5.99. The molecule has 0 aliphatic heterocycles. The van der Waals surface area contributed by atoms with Gasteiger partial charge in [-0.1, -0.05) is 37.6 Å². The van der Waals surface area contributed by atoms with Crippen LogP contribution in [0.4, 0.5) is 0 Å². The Morgan fingerprint density at radius 2 is 1.81 bits per heavy atom. The molecule has 0 aromatic heterocycles. The van der Waals surface area contributed by atoms with Gasteiger partial charge in [-0.15, -0.1) is 0 Å². The maximum Gasteiger partial charge on any atom is 0.166 e. The largest absolute Gasteiger partial charge is 0.294 e. The van der Waals surface area contributed by atoms with Crippen molar-refractivity contribution in [2.24, 2.45) is 11.8 Å². The molecule has 0 bridgehead atoms. The predicted octanol–water partition coefficient (Wildman–Crippen LogP) is 3.79. The molecule has 0 heterocycles. The Morgan fingerprint density at radius 1 is 1.19 bits per heavy atom. The van der Waals surface area contributed by atoms with E-state index in [0.717, 1.165) is 17.9 Å². The quantitative estimate of drug-likeness (QED) is 0.699. The molecule has 1 nitrogen and oxygen atoms in total. The molecule has 0 N–H and O–H groups in total. The lowest BCUT2D eigenvalue weighted by Gasteiger charge is -2.25. The van der Waals surface area contributed by atoms with Crippen molar-refractivity contribution in [3.8, 4) is 0 Å². The fraction of sp³-hybridized carbons (Fsp3) is 0.533. The number of benzene rings is 1. The topological polar surface area (TPSA) is 17.1 Å². The molecule has 0 radical (unpaired) electrons. The van der Waals surface area contributed by atoms with Crippen molar-refractivity contribution in [1.82, 2.24) is 0 Å². The molecule has 1 heteroatoms.